The van der Waals surface area contributed by atoms with Crippen LogP contribution in [0.15, 0.2) is 30.6 Å². The number of hydrogen-bond donors (Lipinski definition) is 1. The zero-order valence-corrected chi connectivity index (χ0v) is 15.6. The Morgan fingerprint density at radius 2 is 1.79 bits per heavy atom. The molecule has 1 aliphatic heterocycles. The van der Waals surface area contributed by atoms with Gasteiger partial charge in [-0.3, -0.25) is 9.78 Å². The van der Waals surface area contributed by atoms with Crippen LogP contribution in [-0.4, -0.2) is 46.1 Å². The lowest BCUT2D eigenvalue weighted by molar-refractivity contribution is -0.121. The smallest absolute Gasteiger partial charge is 0.410 e. The highest BCUT2D eigenvalue weighted by atomic mass is 19.1. The van der Waals surface area contributed by atoms with Crippen LogP contribution >= 0.6 is 0 Å². The largest absolute Gasteiger partial charge is 0.448 e. The van der Waals surface area contributed by atoms with Gasteiger partial charge in [-0.05, 0) is 37.8 Å². The lowest BCUT2D eigenvalue weighted by atomic mass is 9.85. The number of nitrogens with zero attached hydrogens (tertiary/aromatic N) is 3. The number of cyclic esters (lactones) is 1. The first-order valence-corrected chi connectivity index (χ1v) is 9.52. The van der Waals surface area contributed by atoms with Gasteiger partial charge >= 0.3 is 6.09 Å². The highest BCUT2D eigenvalue weighted by molar-refractivity contribution is 5.91. The molecule has 2 aliphatic rings. The van der Waals surface area contributed by atoms with Crippen molar-refractivity contribution in [1.29, 1.82) is 0 Å². The fourth-order valence-corrected chi connectivity index (χ4v) is 3.86. The Kier molecular flexibility index (Phi) is 5.37. The van der Waals surface area contributed by atoms with E-state index in [4.69, 9.17) is 4.74 Å². The van der Waals surface area contributed by atoms with Crippen LogP contribution in [0.5, 0.6) is 0 Å². The maximum Gasteiger partial charge on any atom is 0.410 e. The SMILES string of the molecule is O=C(Nc1cnc(-c2cc(F)cc(F)c2)cn1)C1CCC(N2CCOC2=O)CC1. The quantitative estimate of drug-likeness (QED) is 0.848. The number of hydrogen-bond acceptors (Lipinski definition) is 5. The van der Waals surface area contributed by atoms with Crippen LogP contribution in [0.25, 0.3) is 11.3 Å². The highest BCUT2D eigenvalue weighted by Crippen LogP contribution is 2.30. The minimum Gasteiger partial charge on any atom is -0.448 e. The van der Waals surface area contributed by atoms with E-state index in [1.807, 2.05) is 0 Å². The molecule has 1 saturated heterocycles. The van der Waals surface area contributed by atoms with E-state index in [9.17, 15) is 18.4 Å². The predicted molar refractivity (Wildman–Crippen MR) is 99.8 cm³/mol. The molecule has 7 nitrogen and oxygen atoms in total. The summed E-state index contributed by atoms with van der Waals surface area (Å²) in [6, 6.07) is 3.24. The first kappa shape index (κ1) is 19.2. The normalized spacial score (nSPS) is 21.7. The van der Waals surface area contributed by atoms with E-state index < -0.39 is 11.6 Å². The van der Waals surface area contributed by atoms with E-state index in [0.717, 1.165) is 18.9 Å². The Balaban J connectivity index is 1.33. The number of carbonyl (C=O) groups is 2. The number of ether oxygens (including phenoxy) is 1. The van der Waals surface area contributed by atoms with E-state index in [-0.39, 0.29) is 35.3 Å². The van der Waals surface area contributed by atoms with Gasteiger partial charge in [0, 0.05) is 23.6 Å². The number of carbonyl (C=O) groups excluding carboxylic acids is 2. The van der Waals surface area contributed by atoms with Gasteiger partial charge in [0.25, 0.3) is 0 Å². The van der Waals surface area contributed by atoms with Crippen LogP contribution in [0, 0.1) is 17.6 Å². The number of anilines is 1. The molecule has 2 aromatic rings. The fraction of sp³-hybridized carbons (Fsp3) is 0.400. The second kappa shape index (κ2) is 8.10. The molecule has 0 spiro atoms. The molecule has 1 N–H and O–H groups in total. The molecule has 1 aromatic carbocycles. The molecule has 9 heteroatoms. The van der Waals surface area contributed by atoms with Crippen LogP contribution in [0.3, 0.4) is 0 Å². The summed E-state index contributed by atoms with van der Waals surface area (Å²) in [6.45, 7) is 1.04. The van der Waals surface area contributed by atoms with Gasteiger partial charge in [-0.1, -0.05) is 0 Å². The van der Waals surface area contributed by atoms with Crippen LogP contribution in [0.1, 0.15) is 25.7 Å². The van der Waals surface area contributed by atoms with Gasteiger partial charge in [0.15, 0.2) is 5.82 Å². The molecule has 2 heterocycles. The van der Waals surface area contributed by atoms with E-state index in [1.165, 1.54) is 24.5 Å². The summed E-state index contributed by atoms with van der Waals surface area (Å²) < 4.78 is 31.7. The third-order valence-corrected chi connectivity index (χ3v) is 5.36. The molecule has 2 fully saturated rings. The minimum absolute atomic E-state index is 0.125. The molecular formula is C20H20F2N4O3. The first-order chi connectivity index (χ1) is 14.0. The maximum absolute atomic E-state index is 13.3. The van der Waals surface area contributed by atoms with Crippen molar-refractivity contribution in [1.82, 2.24) is 14.9 Å². The van der Waals surface area contributed by atoms with Crippen LogP contribution in [-0.2, 0) is 9.53 Å². The Hall–Kier alpha value is -3.10. The number of aromatic nitrogens is 2. The van der Waals surface area contributed by atoms with Crippen molar-refractivity contribution in [3.63, 3.8) is 0 Å². The van der Waals surface area contributed by atoms with E-state index in [2.05, 4.69) is 15.3 Å². The Morgan fingerprint density at radius 1 is 1.07 bits per heavy atom. The zero-order valence-electron chi connectivity index (χ0n) is 15.6. The number of amides is 2. The van der Waals surface area contributed by atoms with Gasteiger partial charge in [-0.25, -0.2) is 18.6 Å². The van der Waals surface area contributed by atoms with Crippen LogP contribution in [0.4, 0.5) is 19.4 Å². The maximum atomic E-state index is 13.3. The summed E-state index contributed by atoms with van der Waals surface area (Å²) in [5.41, 5.74) is 0.575. The fourth-order valence-electron chi connectivity index (χ4n) is 3.86. The third-order valence-electron chi connectivity index (χ3n) is 5.36. The second-order valence-electron chi connectivity index (χ2n) is 7.25. The van der Waals surface area contributed by atoms with Crippen molar-refractivity contribution in [2.24, 2.45) is 5.92 Å². The standard InChI is InChI=1S/C20H20F2N4O3/c21-14-7-13(8-15(22)9-14)17-10-24-18(11-23-17)25-19(27)12-1-3-16(4-2-12)26-5-6-29-20(26)28/h7-12,16H,1-6H2,(H,24,25,27). The van der Waals surface area contributed by atoms with E-state index in [0.29, 0.717) is 31.7 Å². The van der Waals surface area contributed by atoms with Crippen LogP contribution < -0.4 is 5.32 Å². The molecule has 2 amide bonds. The summed E-state index contributed by atoms with van der Waals surface area (Å²) in [4.78, 5) is 34.2. The third kappa shape index (κ3) is 4.33. The van der Waals surface area contributed by atoms with E-state index in [1.54, 1.807) is 4.90 Å². The first-order valence-electron chi connectivity index (χ1n) is 9.52. The van der Waals surface area contributed by atoms with Gasteiger partial charge in [0.1, 0.15) is 18.2 Å². The molecule has 1 saturated carbocycles. The van der Waals surface area contributed by atoms with Gasteiger partial charge < -0.3 is 15.0 Å². The summed E-state index contributed by atoms with van der Waals surface area (Å²) in [7, 11) is 0. The monoisotopic (exact) mass is 402 g/mol. The average Bonchev–Trinajstić information content (AvgIpc) is 3.14. The molecule has 1 aliphatic carbocycles. The topological polar surface area (TPSA) is 84.4 Å². The predicted octanol–water partition coefficient (Wildman–Crippen LogP) is 3.37. The molecule has 4 rings (SSSR count). The minimum atomic E-state index is -0.697. The second-order valence-corrected chi connectivity index (χ2v) is 7.25. The van der Waals surface area contributed by atoms with Crippen molar-refractivity contribution >= 4 is 17.8 Å². The van der Waals surface area contributed by atoms with Gasteiger partial charge in [0.2, 0.25) is 5.91 Å². The lowest BCUT2D eigenvalue weighted by Gasteiger charge is -2.32. The molecule has 0 bridgehead atoms. The Labute approximate surface area is 166 Å². The summed E-state index contributed by atoms with van der Waals surface area (Å²) >= 11 is 0. The van der Waals surface area contributed by atoms with E-state index >= 15 is 0 Å². The van der Waals surface area contributed by atoms with Crippen molar-refractivity contribution < 1.29 is 23.1 Å². The molecule has 1 aromatic heterocycles. The molecular weight excluding hydrogens is 382 g/mol. The molecule has 29 heavy (non-hydrogen) atoms. The summed E-state index contributed by atoms with van der Waals surface area (Å²) in [5, 5.41) is 2.74. The number of benzene rings is 1. The van der Waals surface area contributed by atoms with Gasteiger partial charge in [0.05, 0.1) is 24.6 Å². The summed E-state index contributed by atoms with van der Waals surface area (Å²) in [5.74, 6) is -1.43. The Bertz CT molecular complexity index is 894. The van der Waals surface area contributed by atoms with Gasteiger partial charge in [-0.2, -0.15) is 0 Å². The van der Waals surface area contributed by atoms with Crippen molar-refractivity contribution in [2.45, 2.75) is 31.7 Å². The molecule has 0 unspecified atom stereocenters. The van der Waals surface area contributed by atoms with Crippen LogP contribution in [0.2, 0.25) is 0 Å². The highest BCUT2D eigenvalue weighted by Gasteiger charge is 2.34. The lowest BCUT2D eigenvalue weighted by Crippen LogP contribution is -2.40. The average molecular weight is 402 g/mol. The van der Waals surface area contributed by atoms with Crippen molar-refractivity contribution in [2.75, 3.05) is 18.5 Å². The molecule has 152 valence electrons. The number of nitrogens with one attached hydrogen (secondary N) is 1. The summed E-state index contributed by atoms with van der Waals surface area (Å²) in [6.07, 6.45) is 5.31. The molecule has 0 radical (unpaired) electrons. The number of rotatable bonds is 4. The van der Waals surface area contributed by atoms with Crippen molar-refractivity contribution in [3.05, 3.63) is 42.2 Å². The Morgan fingerprint density at radius 3 is 2.38 bits per heavy atom. The van der Waals surface area contributed by atoms with Crippen molar-refractivity contribution in [3.8, 4) is 11.3 Å². The number of halogens is 2. The van der Waals surface area contributed by atoms with Gasteiger partial charge in [-0.15, -0.1) is 0 Å². The molecule has 0 atom stereocenters. The zero-order chi connectivity index (χ0) is 20.4.